The minimum atomic E-state index is -0.666. The largest absolute Gasteiger partial charge is 0.508 e. The van der Waals surface area contributed by atoms with Crippen molar-refractivity contribution < 1.29 is 38.0 Å². The predicted molar refractivity (Wildman–Crippen MR) is 80.5 cm³/mol. The Hall–Kier alpha value is -2.19. The van der Waals surface area contributed by atoms with E-state index in [4.69, 9.17) is 33.2 Å². The van der Waals surface area contributed by atoms with Crippen LogP contribution in [0.5, 0.6) is 17.2 Å². The molecule has 1 aromatic carbocycles. The van der Waals surface area contributed by atoms with E-state index in [-0.39, 0.29) is 13.2 Å². The summed E-state index contributed by atoms with van der Waals surface area (Å²) >= 11 is 0. The number of methoxy groups -OCH3 is 3. The second-order valence-corrected chi connectivity index (χ2v) is 5.73. The van der Waals surface area contributed by atoms with Gasteiger partial charge in [-0.15, -0.1) is 0 Å². The molecule has 3 rings (SSSR count). The van der Waals surface area contributed by atoms with Crippen LogP contribution in [0.3, 0.4) is 0 Å². The molecule has 1 spiro atoms. The number of rotatable bonds is 4. The van der Waals surface area contributed by atoms with E-state index in [2.05, 4.69) is 0 Å². The lowest BCUT2D eigenvalue weighted by Gasteiger charge is -2.41. The number of carbonyl (C=O) groups is 1. The quantitative estimate of drug-likeness (QED) is 0.769. The molecule has 0 bridgehead atoms. The highest BCUT2D eigenvalue weighted by atomic mass is 16.7. The van der Waals surface area contributed by atoms with E-state index in [1.165, 1.54) is 0 Å². The number of hydrogen-bond donors (Lipinski definition) is 0. The average Bonchev–Trinajstić information content (AvgIpc) is 2.64. The molecule has 8 nitrogen and oxygen atoms in total. The summed E-state index contributed by atoms with van der Waals surface area (Å²) in [7, 11) is 4.67. The summed E-state index contributed by atoms with van der Waals surface area (Å²) in [6.07, 6.45) is -1.33. The maximum Gasteiger partial charge on any atom is 0.508 e. The predicted octanol–water partition coefficient (Wildman–Crippen LogP) is 1.91. The molecule has 2 fully saturated rings. The number of hydrogen-bond acceptors (Lipinski definition) is 8. The van der Waals surface area contributed by atoms with E-state index in [0.717, 1.165) is 0 Å². The lowest BCUT2D eigenvalue weighted by molar-refractivity contribution is -0.258. The van der Waals surface area contributed by atoms with Crippen molar-refractivity contribution in [3.8, 4) is 17.2 Å². The van der Waals surface area contributed by atoms with Gasteiger partial charge in [0.05, 0.1) is 45.5 Å². The summed E-state index contributed by atoms with van der Waals surface area (Å²) in [4.78, 5) is 11.0. The summed E-state index contributed by atoms with van der Waals surface area (Å²) in [5.74, 6) is 1.68. The molecule has 0 amide bonds. The van der Waals surface area contributed by atoms with Gasteiger partial charge in [-0.2, -0.15) is 0 Å². The van der Waals surface area contributed by atoms with Crippen molar-refractivity contribution in [1.29, 1.82) is 0 Å². The van der Waals surface area contributed by atoms with Gasteiger partial charge in [-0.3, -0.25) is 0 Å². The molecule has 1 aromatic rings. The molecule has 0 aromatic heterocycles. The van der Waals surface area contributed by atoms with Gasteiger partial charge in [0, 0.05) is 12.1 Å². The van der Waals surface area contributed by atoms with Gasteiger partial charge in [0.15, 0.2) is 6.29 Å². The average molecular weight is 340 g/mol. The normalized spacial score (nSPS) is 20.2. The Morgan fingerprint density at radius 3 is 1.92 bits per heavy atom. The third kappa shape index (κ3) is 3.07. The molecule has 2 aliphatic rings. The van der Waals surface area contributed by atoms with Crippen molar-refractivity contribution in [2.75, 3.05) is 47.8 Å². The van der Waals surface area contributed by atoms with Crippen LogP contribution in [-0.2, 0) is 18.9 Å². The molecular weight excluding hydrogens is 320 g/mol. The fraction of sp³-hybridized carbons (Fsp3) is 0.562. The molecule has 2 saturated heterocycles. The minimum Gasteiger partial charge on any atom is -0.496 e. The van der Waals surface area contributed by atoms with Gasteiger partial charge >= 0.3 is 6.16 Å². The van der Waals surface area contributed by atoms with Crippen LogP contribution in [0.15, 0.2) is 12.1 Å². The van der Waals surface area contributed by atoms with Crippen molar-refractivity contribution in [3.05, 3.63) is 17.7 Å². The smallest absolute Gasteiger partial charge is 0.496 e. The summed E-state index contributed by atoms with van der Waals surface area (Å²) < 4.78 is 37.7. The topological polar surface area (TPSA) is 81.7 Å². The van der Waals surface area contributed by atoms with Gasteiger partial charge in [-0.05, 0) is 0 Å². The Kier molecular flexibility index (Phi) is 4.68. The number of benzene rings is 1. The monoisotopic (exact) mass is 340 g/mol. The molecular formula is C16H20O8. The van der Waals surface area contributed by atoms with Crippen LogP contribution in [0, 0.1) is 5.41 Å². The van der Waals surface area contributed by atoms with Crippen LogP contribution in [0.1, 0.15) is 11.9 Å². The summed E-state index contributed by atoms with van der Waals surface area (Å²) in [5.41, 5.74) is 0.154. The lowest BCUT2D eigenvalue weighted by Crippen LogP contribution is -2.49. The summed E-state index contributed by atoms with van der Waals surface area (Å²) in [6.45, 7) is 1.05. The molecule has 24 heavy (non-hydrogen) atoms. The SMILES string of the molecule is COc1cc(OC)c(C2OCC3(COC(=O)OC3)CO2)c(OC)c1. The third-order valence-corrected chi connectivity index (χ3v) is 4.06. The van der Waals surface area contributed by atoms with E-state index in [9.17, 15) is 4.79 Å². The van der Waals surface area contributed by atoms with Gasteiger partial charge in [0.1, 0.15) is 30.5 Å². The van der Waals surface area contributed by atoms with E-state index < -0.39 is 17.9 Å². The molecule has 0 aliphatic carbocycles. The van der Waals surface area contributed by atoms with Gasteiger partial charge in [0.25, 0.3) is 0 Å². The Labute approximate surface area is 139 Å². The van der Waals surface area contributed by atoms with Gasteiger partial charge in [-0.25, -0.2) is 4.79 Å². The zero-order valence-electron chi connectivity index (χ0n) is 13.8. The molecule has 132 valence electrons. The van der Waals surface area contributed by atoms with Gasteiger partial charge < -0.3 is 33.2 Å². The molecule has 0 saturated carbocycles. The van der Waals surface area contributed by atoms with E-state index in [1.54, 1.807) is 33.5 Å². The Bertz CT molecular complexity index is 569. The first-order chi connectivity index (χ1) is 11.6. The molecule has 8 heteroatoms. The van der Waals surface area contributed by atoms with Crippen LogP contribution < -0.4 is 14.2 Å². The fourth-order valence-corrected chi connectivity index (χ4v) is 2.70. The van der Waals surface area contributed by atoms with Crippen molar-refractivity contribution in [3.63, 3.8) is 0 Å². The van der Waals surface area contributed by atoms with E-state index in [0.29, 0.717) is 36.0 Å². The van der Waals surface area contributed by atoms with Crippen molar-refractivity contribution in [1.82, 2.24) is 0 Å². The summed E-state index contributed by atoms with van der Waals surface area (Å²) in [5, 5.41) is 0. The highest BCUT2D eigenvalue weighted by Gasteiger charge is 2.44. The third-order valence-electron chi connectivity index (χ3n) is 4.06. The van der Waals surface area contributed by atoms with Crippen molar-refractivity contribution in [2.24, 2.45) is 5.41 Å². The molecule has 0 radical (unpaired) electrons. The first-order valence-corrected chi connectivity index (χ1v) is 7.43. The Morgan fingerprint density at radius 1 is 0.917 bits per heavy atom. The number of ether oxygens (including phenoxy) is 7. The zero-order chi connectivity index (χ0) is 17.2. The first-order valence-electron chi connectivity index (χ1n) is 7.43. The van der Waals surface area contributed by atoms with E-state index >= 15 is 0 Å². The maximum atomic E-state index is 11.0. The van der Waals surface area contributed by atoms with Gasteiger partial charge in [-0.1, -0.05) is 0 Å². The number of carbonyl (C=O) groups excluding carboxylic acids is 1. The van der Waals surface area contributed by atoms with Crippen LogP contribution >= 0.6 is 0 Å². The molecule has 2 heterocycles. The van der Waals surface area contributed by atoms with Crippen LogP contribution in [0.2, 0.25) is 0 Å². The molecule has 0 N–H and O–H groups in total. The highest BCUT2D eigenvalue weighted by Crippen LogP contribution is 2.43. The highest BCUT2D eigenvalue weighted by molar-refractivity contribution is 5.60. The van der Waals surface area contributed by atoms with Crippen LogP contribution in [0.25, 0.3) is 0 Å². The summed E-state index contributed by atoms with van der Waals surface area (Å²) in [6, 6.07) is 3.47. The molecule has 0 atom stereocenters. The zero-order valence-corrected chi connectivity index (χ0v) is 13.8. The number of cyclic esters (lactones) is 2. The first kappa shape index (κ1) is 16.7. The van der Waals surface area contributed by atoms with Crippen LogP contribution in [-0.4, -0.2) is 53.9 Å². The minimum absolute atomic E-state index is 0.204. The lowest BCUT2D eigenvalue weighted by atomic mass is 9.91. The van der Waals surface area contributed by atoms with Gasteiger partial charge in [0.2, 0.25) is 0 Å². The maximum absolute atomic E-state index is 11.0. The Morgan fingerprint density at radius 2 is 1.46 bits per heavy atom. The van der Waals surface area contributed by atoms with Crippen molar-refractivity contribution >= 4 is 6.16 Å². The van der Waals surface area contributed by atoms with Crippen molar-refractivity contribution in [2.45, 2.75) is 6.29 Å². The second kappa shape index (κ2) is 6.74. The fourth-order valence-electron chi connectivity index (χ4n) is 2.70. The molecule has 2 aliphatic heterocycles. The molecule has 0 unspecified atom stereocenters. The Balaban J connectivity index is 1.80. The van der Waals surface area contributed by atoms with E-state index in [1.807, 2.05) is 0 Å². The standard InChI is InChI=1S/C16H20O8/c1-18-10-4-11(19-2)13(12(5-10)20-3)14-21-6-16(7-22-14)8-23-15(17)24-9-16/h4-5,14H,6-9H2,1-3H3. The second-order valence-electron chi connectivity index (χ2n) is 5.73. The van der Waals surface area contributed by atoms with Crippen LogP contribution in [0.4, 0.5) is 4.79 Å².